The van der Waals surface area contributed by atoms with Crippen LogP contribution in [0, 0.1) is 0 Å². The number of hydroxylamine groups is 1. The van der Waals surface area contributed by atoms with Crippen LogP contribution in [0.1, 0.15) is 13.3 Å². The molecule has 0 aliphatic heterocycles. The molecule has 0 saturated heterocycles. The molecule has 2 amide bonds. The summed E-state index contributed by atoms with van der Waals surface area (Å²) in [5.74, 6) is 0. The summed E-state index contributed by atoms with van der Waals surface area (Å²) in [6, 6.07) is -0.761. The van der Waals surface area contributed by atoms with Gasteiger partial charge >= 0.3 is 6.03 Å². The molecule has 0 fully saturated rings. The standard InChI is InChI=1S/C5H12N2O3/c1-2-4(8)3-10-7-5(6)9/h4,8H,2-3H2,1H3,(H3,6,7,9). The summed E-state index contributed by atoms with van der Waals surface area (Å²) in [5.41, 5.74) is 6.55. The normalized spacial score (nSPS) is 12.6. The van der Waals surface area contributed by atoms with Gasteiger partial charge in [-0.3, -0.25) is 4.84 Å². The average molecular weight is 148 g/mol. The third kappa shape index (κ3) is 5.33. The second-order valence-corrected chi connectivity index (χ2v) is 1.84. The number of hydrogen-bond acceptors (Lipinski definition) is 3. The van der Waals surface area contributed by atoms with Crippen molar-refractivity contribution in [1.82, 2.24) is 5.48 Å². The lowest BCUT2D eigenvalue weighted by atomic mass is 10.3. The van der Waals surface area contributed by atoms with E-state index in [0.717, 1.165) is 0 Å². The van der Waals surface area contributed by atoms with Crippen LogP contribution in [0.4, 0.5) is 4.79 Å². The minimum absolute atomic E-state index is 0.0689. The van der Waals surface area contributed by atoms with Crippen LogP contribution in [-0.2, 0) is 4.84 Å². The lowest BCUT2D eigenvalue weighted by Gasteiger charge is -2.06. The van der Waals surface area contributed by atoms with E-state index in [1.54, 1.807) is 6.92 Å². The molecule has 0 aromatic heterocycles. The van der Waals surface area contributed by atoms with Crippen LogP contribution >= 0.6 is 0 Å². The van der Waals surface area contributed by atoms with Crippen LogP contribution < -0.4 is 11.2 Å². The largest absolute Gasteiger partial charge is 0.391 e. The maximum atomic E-state index is 9.97. The third-order valence-corrected chi connectivity index (χ3v) is 0.920. The fourth-order valence-electron chi connectivity index (χ4n) is 0.327. The topological polar surface area (TPSA) is 84.6 Å². The van der Waals surface area contributed by atoms with Gasteiger partial charge in [0.1, 0.15) is 6.61 Å². The molecule has 1 atom stereocenters. The molecule has 0 spiro atoms. The molecule has 0 saturated carbocycles. The van der Waals surface area contributed by atoms with Crippen molar-refractivity contribution in [3.8, 4) is 0 Å². The molecule has 60 valence electrons. The molecule has 5 heteroatoms. The zero-order valence-corrected chi connectivity index (χ0v) is 5.83. The summed E-state index contributed by atoms with van der Waals surface area (Å²) >= 11 is 0. The number of carbonyl (C=O) groups is 1. The van der Waals surface area contributed by atoms with E-state index in [4.69, 9.17) is 5.11 Å². The molecule has 0 radical (unpaired) electrons. The maximum Gasteiger partial charge on any atom is 0.336 e. The highest BCUT2D eigenvalue weighted by molar-refractivity contribution is 5.70. The molecule has 4 N–H and O–H groups in total. The minimum atomic E-state index is -0.761. The van der Waals surface area contributed by atoms with E-state index in [2.05, 4.69) is 10.6 Å². The van der Waals surface area contributed by atoms with E-state index in [1.807, 2.05) is 5.48 Å². The predicted molar refractivity (Wildman–Crippen MR) is 35.0 cm³/mol. The Labute approximate surface area is 59.1 Å². The molecule has 0 aliphatic carbocycles. The Kier molecular flexibility index (Phi) is 4.61. The molecule has 1 unspecified atom stereocenters. The van der Waals surface area contributed by atoms with Gasteiger partial charge in [-0.25, -0.2) is 10.3 Å². The van der Waals surface area contributed by atoms with E-state index < -0.39 is 12.1 Å². The van der Waals surface area contributed by atoms with Gasteiger partial charge in [-0.05, 0) is 6.42 Å². The van der Waals surface area contributed by atoms with Gasteiger partial charge < -0.3 is 10.8 Å². The molecule has 0 rings (SSSR count). The average Bonchev–Trinajstić information content (AvgIpc) is 1.87. The van der Waals surface area contributed by atoms with Gasteiger partial charge in [0.25, 0.3) is 0 Å². The number of carbonyl (C=O) groups excluding carboxylic acids is 1. The number of nitrogens with two attached hydrogens (primary N) is 1. The first-order valence-corrected chi connectivity index (χ1v) is 3.02. The zero-order valence-electron chi connectivity index (χ0n) is 5.83. The second-order valence-electron chi connectivity index (χ2n) is 1.84. The van der Waals surface area contributed by atoms with Crippen LogP contribution in [0.25, 0.3) is 0 Å². The van der Waals surface area contributed by atoms with Crippen molar-refractivity contribution in [2.24, 2.45) is 5.73 Å². The van der Waals surface area contributed by atoms with Crippen LogP contribution in [0.15, 0.2) is 0 Å². The van der Waals surface area contributed by atoms with Gasteiger partial charge in [0.15, 0.2) is 0 Å². The Morgan fingerprint density at radius 1 is 1.90 bits per heavy atom. The van der Waals surface area contributed by atoms with Crippen molar-refractivity contribution >= 4 is 6.03 Å². The maximum absolute atomic E-state index is 9.97. The smallest absolute Gasteiger partial charge is 0.336 e. The summed E-state index contributed by atoms with van der Waals surface area (Å²) in [4.78, 5) is 14.4. The van der Waals surface area contributed by atoms with Gasteiger partial charge in [-0.1, -0.05) is 6.92 Å². The molecule has 0 heterocycles. The van der Waals surface area contributed by atoms with Gasteiger partial charge in [-0.2, -0.15) is 0 Å². The van der Waals surface area contributed by atoms with Crippen LogP contribution in [0.2, 0.25) is 0 Å². The number of urea groups is 1. The first kappa shape index (κ1) is 9.19. The zero-order chi connectivity index (χ0) is 7.98. The number of aliphatic hydroxyl groups is 1. The number of nitrogens with one attached hydrogen (secondary N) is 1. The Balaban J connectivity index is 3.11. The van der Waals surface area contributed by atoms with Gasteiger partial charge in [-0.15, -0.1) is 0 Å². The fourth-order valence-corrected chi connectivity index (χ4v) is 0.327. The molecule has 0 aromatic carbocycles. The SMILES string of the molecule is CCC(O)CONC(N)=O. The van der Waals surface area contributed by atoms with Gasteiger partial charge in [0.05, 0.1) is 6.10 Å². The summed E-state index contributed by atoms with van der Waals surface area (Å²) in [6.45, 7) is 1.87. The summed E-state index contributed by atoms with van der Waals surface area (Å²) < 4.78 is 0. The molecule has 0 aromatic rings. The summed E-state index contributed by atoms with van der Waals surface area (Å²) in [6.07, 6.45) is 0.0346. The summed E-state index contributed by atoms with van der Waals surface area (Å²) in [7, 11) is 0. The highest BCUT2D eigenvalue weighted by Gasteiger charge is 2.00. The van der Waals surface area contributed by atoms with Crippen molar-refractivity contribution < 1.29 is 14.7 Å². The Morgan fingerprint density at radius 3 is 2.90 bits per heavy atom. The van der Waals surface area contributed by atoms with Crippen molar-refractivity contribution in [2.75, 3.05) is 6.61 Å². The summed E-state index contributed by atoms with van der Waals surface area (Å²) in [5, 5.41) is 8.85. The molecular weight excluding hydrogens is 136 g/mol. The van der Waals surface area contributed by atoms with Gasteiger partial charge in [0.2, 0.25) is 0 Å². The Bertz CT molecular complexity index is 107. The number of rotatable bonds is 4. The monoisotopic (exact) mass is 148 g/mol. The van der Waals surface area contributed by atoms with Crippen molar-refractivity contribution in [3.05, 3.63) is 0 Å². The second kappa shape index (κ2) is 5.01. The van der Waals surface area contributed by atoms with E-state index >= 15 is 0 Å². The molecule has 5 nitrogen and oxygen atoms in total. The van der Waals surface area contributed by atoms with E-state index in [-0.39, 0.29) is 6.61 Å². The van der Waals surface area contributed by atoms with Gasteiger partial charge in [0, 0.05) is 0 Å². The first-order chi connectivity index (χ1) is 4.66. The third-order valence-electron chi connectivity index (χ3n) is 0.920. The molecule has 0 aliphatic rings. The van der Waals surface area contributed by atoms with Crippen LogP contribution in [0.5, 0.6) is 0 Å². The highest BCUT2D eigenvalue weighted by atomic mass is 16.7. The Morgan fingerprint density at radius 2 is 2.50 bits per heavy atom. The minimum Gasteiger partial charge on any atom is -0.391 e. The number of primary amides is 1. The quantitative estimate of drug-likeness (QED) is 0.463. The van der Waals surface area contributed by atoms with E-state index in [0.29, 0.717) is 6.42 Å². The number of hydrogen-bond donors (Lipinski definition) is 3. The van der Waals surface area contributed by atoms with Crippen molar-refractivity contribution in [2.45, 2.75) is 19.4 Å². The first-order valence-electron chi connectivity index (χ1n) is 3.02. The van der Waals surface area contributed by atoms with E-state index in [9.17, 15) is 4.79 Å². The Hall–Kier alpha value is -0.810. The molecular formula is C5H12N2O3. The molecule has 10 heavy (non-hydrogen) atoms. The van der Waals surface area contributed by atoms with Crippen molar-refractivity contribution in [3.63, 3.8) is 0 Å². The van der Waals surface area contributed by atoms with Crippen molar-refractivity contribution in [1.29, 1.82) is 0 Å². The van der Waals surface area contributed by atoms with Crippen LogP contribution in [-0.4, -0.2) is 23.8 Å². The van der Waals surface area contributed by atoms with Crippen LogP contribution in [0.3, 0.4) is 0 Å². The number of amides is 2. The number of aliphatic hydroxyl groups excluding tert-OH is 1. The lowest BCUT2D eigenvalue weighted by molar-refractivity contribution is -0.00247. The lowest BCUT2D eigenvalue weighted by Crippen LogP contribution is -2.32. The highest BCUT2D eigenvalue weighted by Crippen LogP contribution is 1.87. The van der Waals surface area contributed by atoms with E-state index in [1.165, 1.54) is 0 Å². The fraction of sp³-hybridized carbons (Fsp3) is 0.800. The molecule has 0 bridgehead atoms. The predicted octanol–water partition coefficient (Wildman–Crippen LogP) is -0.643.